The van der Waals surface area contributed by atoms with E-state index in [0.717, 1.165) is 51.4 Å². The maximum Gasteiger partial charge on any atom is 0.306 e. The van der Waals surface area contributed by atoms with Gasteiger partial charge in [0.1, 0.15) is 19.8 Å². The number of carbonyl (C=O) groups is 2. The average Bonchev–Trinajstić information content (AvgIpc) is 3.40. The van der Waals surface area contributed by atoms with Crippen LogP contribution < -0.4 is 4.89 Å². The number of quaternary nitrogens is 1. The van der Waals surface area contributed by atoms with Crippen LogP contribution in [0.4, 0.5) is 0 Å². The Morgan fingerprint density at radius 3 is 1.08 bits per heavy atom. The van der Waals surface area contributed by atoms with Crippen LogP contribution in [-0.4, -0.2) is 70.0 Å². The predicted molar refractivity (Wildman–Crippen MR) is 333 cm³/mol. The van der Waals surface area contributed by atoms with Crippen LogP contribution >= 0.6 is 7.82 Å². The summed E-state index contributed by atoms with van der Waals surface area (Å²) in [4.78, 5) is 37.9. The zero-order chi connectivity index (χ0) is 57.0. The second kappa shape index (κ2) is 59.3. The molecule has 0 bridgehead atoms. The lowest BCUT2D eigenvalue weighted by molar-refractivity contribution is -0.870. The fourth-order valence-corrected chi connectivity index (χ4v) is 10.2. The van der Waals surface area contributed by atoms with Crippen LogP contribution in [0.25, 0.3) is 0 Å². The minimum atomic E-state index is -4.65. The Balaban J connectivity index is 3.94. The van der Waals surface area contributed by atoms with Gasteiger partial charge in [-0.2, -0.15) is 0 Å². The molecule has 0 aliphatic rings. The molecule has 0 aliphatic heterocycles. The molecule has 0 aromatic rings. The van der Waals surface area contributed by atoms with Crippen LogP contribution in [0.15, 0.2) is 60.8 Å². The van der Waals surface area contributed by atoms with Crippen molar-refractivity contribution in [3.05, 3.63) is 60.8 Å². The first kappa shape index (κ1) is 75.7. The summed E-state index contributed by atoms with van der Waals surface area (Å²) < 4.78 is 34.1. The van der Waals surface area contributed by atoms with Gasteiger partial charge < -0.3 is 27.9 Å². The van der Waals surface area contributed by atoms with E-state index in [4.69, 9.17) is 18.5 Å². The summed E-state index contributed by atoms with van der Waals surface area (Å²) in [6.45, 7) is 4.09. The van der Waals surface area contributed by atoms with Crippen LogP contribution in [0.2, 0.25) is 0 Å². The number of rotatable bonds is 61. The Labute approximate surface area is 483 Å². The maximum absolute atomic E-state index is 12.8. The number of phosphoric acid groups is 1. The molecule has 0 rings (SSSR count). The topological polar surface area (TPSA) is 111 Å². The van der Waals surface area contributed by atoms with Gasteiger partial charge in [-0.05, 0) is 51.4 Å². The first-order valence-electron chi connectivity index (χ1n) is 33.0. The van der Waals surface area contributed by atoms with Crippen molar-refractivity contribution in [1.82, 2.24) is 0 Å². The molecule has 78 heavy (non-hydrogen) atoms. The fraction of sp³-hybridized carbons (Fsp3) is 0.824. The molecular weight excluding hydrogens is 990 g/mol. The number of allylic oxidation sites excluding steroid dienone is 10. The van der Waals surface area contributed by atoms with Gasteiger partial charge in [-0.25, -0.2) is 0 Å². The Morgan fingerprint density at radius 2 is 0.731 bits per heavy atom. The van der Waals surface area contributed by atoms with E-state index < -0.39 is 32.5 Å². The van der Waals surface area contributed by atoms with Crippen molar-refractivity contribution in [2.24, 2.45) is 0 Å². The third-order valence-corrected chi connectivity index (χ3v) is 15.5. The third kappa shape index (κ3) is 62.9. The summed E-state index contributed by atoms with van der Waals surface area (Å²) in [5.74, 6) is -0.893. The maximum atomic E-state index is 12.8. The van der Waals surface area contributed by atoms with E-state index in [9.17, 15) is 19.0 Å². The van der Waals surface area contributed by atoms with Crippen molar-refractivity contribution in [3.8, 4) is 0 Å². The monoisotopic (exact) mass is 1120 g/mol. The molecule has 0 spiro atoms. The molecule has 0 saturated heterocycles. The number of esters is 2. The van der Waals surface area contributed by atoms with E-state index in [1.54, 1.807) is 0 Å². The van der Waals surface area contributed by atoms with Crippen molar-refractivity contribution in [2.45, 2.75) is 315 Å². The van der Waals surface area contributed by atoms with Crippen LogP contribution in [-0.2, 0) is 32.7 Å². The number of unbranched alkanes of at least 4 members (excludes halogenated alkanes) is 37. The Hall–Kier alpha value is -2.29. The molecule has 2 unspecified atom stereocenters. The molecule has 0 heterocycles. The van der Waals surface area contributed by atoms with Gasteiger partial charge in [0, 0.05) is 12.8 Å². The highest BCUT2D eigenvalue weighted by atomic mass is 31.2. The van der Waals surface area contributed by atoms with Crippen molar-refractivity contribution in [3.63, 3.8) is 0 Å². The minimum absolute atomic E-state index is 0.0424. The molecule has 456 valence electrons. The summed E-state index contributed by atoms with van der Waals surface area (Å²) in [6.07, 6.45) is 77.7. The predicted octanol–water partition coefficient (Wildman–Crippen LogP) is 20.4. The summed E-state index contributed by atoms with van der Waals surface area (Å²) in [5.41, 5.74) is 0. The number of phosphoric ester groups is 1. The number of likely N-dealkylation sites (N-methyl/N-ethyl adjacent to an activating group) is 1. The third-order valence-electron chi connectivity index (χ3n) is 14.6. The normalized spacial score (nSPS) is 13.6. The molecule has 0 saturated carbocycles. The molecule has 0 fully saturated rings. The first-order chi connectivity index (χ1) is 38.0. The van der Waals surface area contributed by atoms with E-state index >= 15 is 0 Å². The van der Waals surface area contributed by atoms with E-state index in [2.05, 4.69) is 68.5 Å². The molecule has 9 nitrogen and oxygen atoms in total. The zero-order valence-corrected chi connectivity index (χ0v) is 52.8. The molecule has 0 aromatic heterocycles. The molecule has 0 amide bonds. The number of hydrogen-bond acceptors (Lipinski definition) is 8. The second-order valence-corrected chi connectivity index (χ2v) is 24.9. The number of carbonyl (C=O) groups excluding carboxylic acids is 2. The van der Waals surface area contributed by atoms with E-state index in [0.29, 0.717) is 23.9 Å². The van der Waals surface area contributed by atoms with Gasteiger partial charge in [0.15, 0.2) is 6.10 Å². The van der Waals surface area contributed by atoms with Crippen LogP contribution in [0, 0.1) is 0 Å². The lowest BCUT2D eigenvalue weighted by Crippen LogP contribution is -2.37. The summed E-state index contributed by atoms with van der Waals surface area (Å²) >= 11 is 0. The molecule has 0 radical (unpaired) electrons. The van der Waals surface area contributed by atoms with E-state index in [1.807, 2.05) is 27.2 Å². The average molecular weight is 1120 g/mol. The highest BCUT2D eigenvalue weighted by Crippen LogP contribution is 2.38. The van der Waals surface area contributed by atoms with Crippen LogP contribution in [0.5, 0.6) is 0 Å². The Bertz CT molecular complexity index is 1500. The second-order valence-electron chi connectivity index (χ2n) is 23.5. The van der Waals surface area contributed by atoms with Crippen molar-refractivity contribution >= 4 is 19.8 Å². The van der Waals surface area contributed by atoms with Gasteiger partial charge in [-0.3, -0.25) is 14.2 Å². The summed E-state index contributed by atoms with van der Waals surface area (Å²) in [6, 6.07) is 0. The van der Waals surface area contributed by atoms with E-state index in [-0.39, 0.29) is 26.1 Å². The molecule has 0 aromatic carbocycles. The lowest BCUT2D eigenvalue weighted by atomic mass is 10.0. The summed E-state index contributed by atoms with van der Waals surface area (Å²) in [7, 11) is 1.13. The smallest absolute Gasteiger partial charge is 0.306 e. The van der Waals surface area contributed by atoms with Crippen molar-refractivity contribution in [1.29, 1.82) is 0 Å². The number of hydrogen-bond donors (Lipinski definition) is 0. The van der Waals surface area contributed by atoms with Gasteiger partial charge in [0.25, 0.3) is 7.82 Å². The number of nitrogens with zero attached hydrogens (tertiary/aromatic N) is 1. The first-order valence-corrected chi connectivity index (χ1v) is 34.5. The van der Waals surface area contributed by atoms with Crippen molar-refractivity contribution in [2.75, 3.05) is 47.5 Å². The molecule has 10 heteroatoms. The molecule has 2 atom stereocenters. The summed E-state index contributed by atoms with van der Waals surface area (Å²) in [5, 5.41) is 0. The van der Waals surface area contributed by atoms with Gasteiger partial charge in [0.2, 0.25) is 0 Å². The zero-order valence-electron chi connectivity index (χ0n) is 51.9. The Kier molecular flexibility index (Phi) is 57.6. The van der Waals surface area contributed by atoms with Crippen molar-refractivity contribution < 1.29 is 42.1 Å². The standard InChI is InChI=1S/C68H126NO8P/c1-6-8-10-12-14-16-18-20-22-24-25-26-27-28-29-30-31-32-33-34-35-36-37-38-39-40-41-42-43-45-46-48-50-52-54-56-58-60-67(70)74-64-66(65-76-78(72,73)75-63-62-69(3,4)5)77-68(71)61-59-57-55-53-51-49-47-44-23-21-19-17-15-13-11-9-7-2/h9,11,15,17,21,23,47,49,53,55,66H,6-8,10,12-14,16,18-20,22,24-46,48,50-52,54,56-65H2,1-5H3/b11-9-,17-15-,23-21-,49-47-,55-53-. The fourth-order valence-electron chi connectivity index (χ4n) is 9.52. The molecular formula is C68H126NO8P. The largest absolute Gasteiger partial charge is 0.756 e. The van der Waals surface area contributed by atoms with Gasteiger partial charge in [0.05, 0.1) is 27.7 Å². The minimum Gasteiger partial charge on any atom is -0.756 e. The molecule has 0 N–H and O–H groups in total. The van der Waals surface area contributed by atoms with Crippen LogP contribution in [0.1, 0.15) is 309 Å². The Morgan fingerprint density at radius 1 is 0.410 bits per heavy atom. The SMILES string of the molecule is CC/C=C\C/C=C\C/C=C\C/C=C\C/C=C\CCCC(=O)OC(COC(=O)CCCCCCCCCCCCCCCCCCCCCCCCCCCCCCCCCCCCCCC)COP(=O)([O-])OCC[N+](C)(C)C. The number of ether oxygens (including phenoxy) is 2. The van der Waals surface area contributed by atoms with Gasteiger partial charge in [-0.1, -0.05) is 306 Å². The van der Waals surface area contributed by atoms with E-state index in [1.165, 1.54) is 218 Å². The highest BCUT2D eigenvalue weighted by Gasteiger charge is 2.22. The van der Waals surface area contributed by atoms with Crippen LogP contribution in [0.3, 0.4) is 0 Å². The van der Waals surface area contributed by atoms with Gasteiger partial charge in [-0.15, -0.1) is 0 Å². The van der Waals surface area contributed by atoms with Gasteiger partial charge >= 0.3 is 11.9 Å². The quantitative estimate of drug-likeness (QED) is 0.0195. The molecule has 0 aliphatic carbocycles. The highest BCUT2D eigenvalue weighted by molar-refractivity contribution is 7.45. The lowest BCUT2D eigenvalue weighted by Gasteiger charge is -2.28.